The number of hydrogen-bond donors (Lipinski definition) is 1. The van der Waals surface area contributed by atoms with E-state index in [1.165, 1.54) is 17.7 Å². The first-order valence-electron chi connectivity index (χ1n) is 8.94. The van der Waals surface area contributed by atoms with Gasteiger partial charge in [-0.15, -0.1) is 10.2 Å². The van der Waals surface area contributed by atoms with Gasteiger partial charge in [0.25, 0.3) is 0 Å². The first kappa shape index (κ1) is 17.2. The van der Waals surface area contributed by atoms with E-state index in [-0.39, 0.29) is 0 Å². The standard InChI is InChI=1S/C20H24N4OS/c1-11-8-13(9-12(2)17(11)25)18-21-22-19(26-18)16-14-6-7-20(3,4)10-15(14)24(5)23-16/h8-9,25H,6-7,10H2,1-5H3. The van der Waals surface area contributed by atoms with Crippen LogP contribution in [0.25, 0.3) is 21.3 Å². The third-order valence-corrected chi connectivity index (χ3v) is 6.32. The maximum atomic E-state index is 9.99. The molecule has 0 atom stereocenters. The Labute approximate surface area is 157 Å². The van der Waals surface area contributed by atoms with Crippen LogP contribution in [0.5, 0.6) is 5.75 Å². The first-order chi connectivity index (χ1) is 12.2. The Morgan fingerprint density at radius 2 is 1.77 bits per heavy atom. The number of hydrogen-bond acceptors (Lipinski definition) is 5. The van der Waals surface area contributed by atoms with Crippen molar-refractivity contribution in [3.05, 3.63) is 34.5 Å². The molecule has 0 aliphatic heterocycles. The van der Waals surface area contributed by atoms with E-state index in [0.29, 0.717) is 11.2 Å². The lowest BCUT2D eigenvalue weighted by molar-refractivity contribution is 0.307. The fourth-order valence-electron chi connectivity index (χ4n) is 3.78. The minimum Gasteiger partial charge on any atom is -0.507 e. The summed E-state index contributed by atoms with van der Waals surface area (Å²) in [5, 5.41) is 25.3. The van der Waals surface area contributed by atoms with E-state index in [1.54, 1.807) is 11.3 Å². The highest BCUT2D eigenvalue weighted by molar-refractivity contribution is 7.17. The minimum absolute atomic E-state index is 0.325. The van der Waals surface area contributed by atoms with Crippen LogP contribution < -0.4 is 0 Å². The van der Waals surface area contributed by atoms with Crippen molar-refractivity contribution in [3.8, 4) is 27.0 Å². The van der Waals surface area contributed by atoms with Gasteiger partial charge in [0.05, 0.1) is 0 Å². The summed E-state index contributed by atoms with van der Waals surface area (Å²) >= 11 is 1.57. The van der Waals surface area contributed by atoms with E-state index in [0.717, 1.165) is 45.2 Å². The summed E-state index contributed by atoms with van der Waals surface area (Å²) in [6.45, 7) is 8.46. The molecule has 0 saturated heterocycles. The van der Waals surface area contributed by atoms with Crippen molar-refractivity contribution in [1.82, 2.24) is 20.0 Å². The molecule has 1 N–H and O–H groups in total. The quantitative estimate of drug-likeness (QED) is 0.726. The molecule has 2 aromatic heterocycles. The van der Waals surface area contributed by atoms with Gasteiger partial charge in [-0.05, 0) is 61.8 Å². The van der Waals surface area contributed by atoms with E-state index in [4.69, 9.17) is 5.10 Å². The molecule has 4 rings (SSSR count). The summed E-state index contributed by atoms with van der Waals surface area (Å²) in [5.74, 6) is 0.347. The predicted molar refractivity (Wildman–Crippen MR) is 104 cm³/mol. The van der Waals surface area contributed by atoms with Crippen LogP contribution in [0.1, 0.15) is 42.7 Å². The summed E-state index contributed by atoms with van der Waals surface area (Å²) in [5.41, 5.74) is 6.66. The average Bonchev–Trinajstić information content (AvgIpc) is 3.17. The molecule has 0 radical (unpaired) electrons. The van der Waals surface area contributed by atoms with Crippen LogP contribution in [0, 0.1) is 19.3 Å². The van der Waals surface area contributed by atoms with Gasteiger partial charge in [0.2, 0.25) is 0 Å². The zero-order chi connectivity index (χ0) is 18.6. The Hall–Kier alpha value is -2.21. The predicted octanol–water partition coefficient (Wildman–Crippen LogP) is 4.44. The maximum absolute atomic E-state index is 9.99. The Morgan fingerprint density at radius 3 is 2.46 bits per heavy atom. The van der Waals surface area contributed by atoms with Gasteiger partial charge in [-0.3, -0.25) is 4.68 Å². The molecule has 0 saturated carbocycles. The van der Waals surface area contributed by atoms with Gasteiger partial charge in [0, 0.05) is 23.9 Å². The lowest BCUT2D eigenvalue weighted by atomic mass is 9.76. The van der Waals surface area contributed by atoms with Crippen molar-refractivity contribution in [2.75, 3.05) is 0 Å². The first-order valence-corrected chi connectivity index (χ1v) is 9.76. The average molecular weight is 369 g/mol. The lowest BCUT2D eigenvalue weighted by Crippen LogP contribution is -2.23. The van der Waals surface area contributed by atoms with Crippen LogP contribution in [0.2, 0.25) is 0 Å². The van der Waals surface area contributed by atoms with Crippen LogP contribution in [-0.4, -0.2) is 25.1 Å². The molecule has 1 aromatic carbocycles. The SMILES string of the molecule is Cc1cc(-c2nnc(-c3nn(C)c4c3CCC(C)(C)C4)s2)cc(C)c1O. The molecular weight excluding hydrogens is 344 g/mol. The second kappa shape index (κ2) is 5.91. The second-order valence-corrected chi connectivity index (χ2v) is 9.09. The highest BCUT2D eigenvalue weighted by Crippen LogP contribution is 2.40. The summed E-state index contributed by atoms with van der Waals surface area (Å²) in [4.78, 5) is 0. The van der Waals surface area contributed by atoms with E-state index < -0.39 is 0 Å². The van der Waals surface area contributed by atoms with Gasteiger partial charge in [-0.1, -0.05) is 25.2 Å². The number of phenolic OH excluding ortho intramolecular Hbond substituents is 1. The maximum Gasteiger partial charge on any atom is 0.168 e. The molecule has 0 fully saturated rings. The van der Waals surface area contributed by atoms with Gasteiger partial charge < -0.3 is 5.11 Å². The zero-order valence-electron chi connectivity index (χ0n) is 15.9. The van der Waals surface area contributed by atoms with Crippen molar-refractivity contribution in [3.63, 3.8) is 0 Å². The molecule has 0 amide bonds. The summed E-state index contributed by atoms with van der Waals surface area (Å²) in [7, 11) is 2.03. The van der Waals surface area contributed by atoms with Crippen LogP contribution in [0.15, 0.2) is 12.1 Å². The van der Waals surface area contributed by atoms with Crippen molar-refractivity contribution >= 4 is 11.3 Å². The van der Waals surface area contributed by atoms with Crippen molar-refractivity contribution in [2.45, 2.75) is 47.0 Å². The van der Waals surface area contributed by atoms with Gasteiger partial charge >= 0.3 is 0 Å². The van der Waals surface area contributed by atoms with Crippen LogP contribution >= 0.6 is 11.3 Å². The van der Waals surface area contributed by atoms with Crippen molar-refractivity contribution in [2.24, 2.45) is 12.5 Å². The third kappa shape index (κ3) is 2.82. The summed E-state index contributed by atoms with van der Waals surface area (Å²) in [6.07, 6.45) is 3.26. The Kier molecular flexibility index (Phi) is 3.91. The molecule has 3 aromatic rings. The molecular formula is C20H24N4OS. The normalized spacial score (nSPS) is 15.9. The highest BCUT2D eigenvalue weighted by atomic mass is 32.1. The number of aromatic nitrogens is 4. The number of aryl methyl sites for hydroxylation is 3. The number of nitrogens with zero attached hydrogens (tertiary/aromatic N) is 4. The summed E-state index contributed by atoms with van der Waals surface area (Å²) < 4.78 is 2.02. The monoisotopic (exact) mass is 368 g/mol. The Morgan fingerprint density at radius 1 is 1.12 bits per heavy atom. The fraction of sp³-hybridized carbons (Fsp3) is 0.450. The smallest absolute Gasteiger partial charge is 0.168 e. The van der Waals surface area contributed by atoms with Gasteiger partial charge in [0.15, 0.2) is 5.01 Å². The zero-order valence-corrected chi connectivity index (χ0v) is 16.7. The molecule has 26 heavy (non-hydrogen) atoms. The van der Waals surface area contributed by atoms with Gasteiger partial charge in [0.1, 0.15) is 16.5 Å². The number of fused-ring (bicyclic) bond motifs is 1. The van der Waals surface area contributed by atoms with E-state index in [1.807, 2.05) is 37.7 Å². The number of rotatable bonds is 2. The van der Waals surface area contributed by atoms with Crippen molar-refractivity contribution in [1.29, 1.82) is 0 Å². The molecule has 1 aliphatic rings. The Balaban J connectivity index is 1.74. The number of benzene rings is 1. The second-order valence-electron chi connectivity index (χ2n) is 8.11. The highest BCUT2D eigenvalue weighted by Gasteiger charge is 2.31. The van der Waals surface area contributed by atoms with E-state index in [2.05, 4.69) is 24.0 Å². The molecule has 0 bridgehead atoms. The molecule has 6 heteroatoms. The fourth-order valence-corrected chi connectivity index (χ4v) is 4.62. The lowest BCUT2D eigenvalue weighted by Gasteiger charge is -2.29. The molecule has 2 heterocycles. The van der Waals surface area contributed by atoms with E-state index >= 15 is 0 Å². The van der Waals surface area contributed by atoms with Crippen LogP contribution in [0.3, 0.4) is 0 Å². The molecule has 5 nitrogen and oxygen atoms in total. The molecule has 1 aliphatic carbocycles. The van der Waals surface area contributed by atoms with E-state index in [9.17, 15) is 5.11 Å². The Bertz CT molecular complexity index is 976. The third-order valence-electron chi connectivity index (χ3n) is 5.34. The molecule has 0 unspecified atom stereocenters. The number of phenols is 1. The molecule has 136 valence electrons. The summed E-state index contributed by atoms with van der Waals surface area (Å²) in [6, 6.07) is 3.92. The van der Waals surface area contributed by atoms with Gasteiger partial charge in [-0.2, -0.15) is 5.10 Å². The molecule has 0 spiro atoms. The van der Waals surface area contributed by atoms with Crippen molar-refractivity contribution < 1.29 is 5.11 Å². The van der Waals surface area contributed by atoms with Crippen LogP contribution in [-0.2, 0) is 19.9 Å². The minimum atomic E-state index is 0.325. The largest absolute Gasteiger partial charge is 0.507 e. The van der Waals surface area contributed by atoms with Crippen LogP contribution in [0.4, 0.5) is 0 Å². The number of aromatic hydroxyl groups is 1. The topological polar surface area (TPSA) is 63.8 Å². The van der Waals surface area contributed by atoms with Gasteiger partial charge in [-0.25, -0.2) is 0 Å².